The fourth-order valence-corrected chi connectivity index (χ4v) is 4.15. The number of hydrogen-bond donors (Lipinski definition) is 2. The maximum atomic E-state index is 12.0. The number of sulfonamides is 1. The number of nitrogens with one attached hydrogen (secondary N) is 2. The van der Waals surface area contributed by atoms with E-state index in [1.165, 1.54) is 11.0 Å². The zero-order valence-electron chi connectivity index (χ0n) is 15.5. The predicted octanol–water partition coefficient (Wildman–Crippen LogP) is 2.45. The third-order valence-corrected chi connectivity index (χ3v) is 5.96. The number of carbonyl (C=O) groups excluding carboxylic acids is 1. The Morgan fingerprint density at radius 3 is 2.56 bits per heavy atom. The molecule has 1 amide bonds. The van der Waals surface area contributed by atoms with Gasteiger partial charge in [-0.1, -0.05) is 36.4 Å². The van der Waals surface area contributed by atoms with Gasteiger partial charge in [-0.2, -0.15) is 0 Å². The summed E-state index contributed by atoms with van der Waals surface area (Å²) in [6.45, 7) is 0.534. The summed E-state index contributed by atoms with van der Waals surface area (Å²) in [7, 11) is 0.351. The number of nitrogens with zero attached hydrogens (tertiary/aromatic N) is 1. The number of rotatable bonds is 10. The predicted molar refractivity (Wildman–Crippen MR) is 111 cm³/mol. The molecule has 0 fully saturated rings. The highest BCUT2D eigenvalue weighted by Crippen LogP contribution is 2.22. The van der Waals surface area contributed by atoms with Crippen LogP contribution in [-0.4, -0.2) is 46.4 Å². The highest BCUT2D eigenvalue weighted by Gasteiger charge is 2.16. The van der Waals surface area contributed by atoms with Crippen LogP contribution >= 0.6 is 11.3 Å². The molecule has 1 heterocycles. The lowest BCUT2D eigenvalue weighted by atomic mass is 10.2. The van der Waals surface area contributed by atoms with E-state index < -0.39 is 10.0 Å². The second kappa shape index (κ2) is 10.4. The summed E-state index contributed by atoms with van der Waals surface area (Å²) < 4.78 is 26.3. The van der Waals surface area contributed by atoms with Crippen molar-refractivity contribution in [3.8, 4) is 0 Å². The standard InChI is InChI=1S/C19H25N3O3S2/c1-22(2)17(18-9-6-13-26-18)15-20-19(23)10-12-21-27(24,25)14-11-16-7-4-3-5-8-16/h3-9,11,13-14,17,21H,10,12,15H2,1-2H3,(H,20,23)/b14-11+. The highest BCUT2D eigenvalue weighted by molar-refractivity contribution is 7.92. The van der Waals surface area contributed by atoms with Gasteiger partial charge in [-0.15, -0.1) is 11.3 Å². The van der Waals surface area contributed by atoms with Gasteiger partial charge >= 0.3 is 0 Å². The Morgan fingerprint density at radius 1 is 1.19 bits per heavy atom. The van der Waals surface area contributed by atoms with Gasteiger partial charge in [0, 0.05) is 29.8 Å². The Hall–Kier alpha value is -2.00. The summed E-state index contributed by atoms with van der Waals surface area (Å²) >= 11 is 1.64. The minimum Gasteiger partial charge on any atom is -0.354 e. The Bertz CT molecular complexity index is 832. The smallest absolute Gasteiger partial charge is 0.233 e. The van der Waals surface area contributed by atoms with Gasteiger partial charge in [0.1, 0.15) is 0 Å². The molecule has 0 saturated heterocycles. The lowest BCUT2D eigenvalue weighted by Gasteiger charge is -2.23. The number of thiophene rings is 1. The van der Waals surface area contributed by atoms with Crippen molar-refractivity contribution in [3.05, 3.63) is 63.7 Å². The van der Waals surface area contributed by atoms with Crippen molar-refractivity contribution in [1.29, 1.82) is 0 Å². The van der Waals surface area contributed by atoms with Crippen LogP contribution in [0, 0.1) is 0 Å². The lowest BCUT2D eigenvalue weighted by Crippen LogP contribution is -2.35. The molecule has 1 unspecified atom stereocenters. The number of benzene rings is 1. The first-order valence-electron chi connectivity index (χ1n) is 8.57. The number of hydrogen-bond acceptors (Lipinski definition) is 5. The second-order valence-electron chi connectivity index (χ2n) is 6.20. The number of amides is 1. The summed E-state index contributed by atoms with van der Waals surface area (Å²) in [6.07, 6.45) is 1.61. The first-order valence-corrected chi connectivity index (χ1v) is 11.0. The summed E-state index contributed by atoms with van der Waals surface area (Å²) in [4.78, 5) is 15.2. The van der Waals surface area contributed by atoms with Gasteiger partial charge < -0.3 is 10.2 Å². The largest absolute Gasteiger partial charge is 0.354 e. The monoisotopic (exact) mass is 407 g/mol. The third kappa shape index (κ3) is 7.64. The Morgan fingerprint density at radius 2 is 1.93 bits per heavy atom. The second-order valence-corrected chi connectivity index (χ2v) is 8.83. The molecule has 1 aromatic carbocycles. The van der Waals surface area contributed by atoms with Crippen LogP contribution in [0.15, 0.2) is 53.3 Å². The first kappa shape index (κ1) is 21.3. The van der Waals surface area contributed by atoms with Gasteiger partial charge in [-0.25, -0.2) is 13.1 Å². The van der Waals surface area contributed by atoms with E-state index in [-0.39, 0.29) is 24.9 Å². The lowest BCUT2D eigenvalue weighted by molar-refractivity contribution is -0.121. The van der Waals surface area contributed by atoms with Crippen LogP contribution in [0.2, 0.25) is 0 Å². The van der Waals surface area contributed by atoms with Crippen LogP contribution in [0.4, 0.5) is 0 Å². The van der Waals surface area contributed by atoms with Crippen molar-refractivity contribution in [2.45, 2.75) is 12.5 Å². The minimum atomic E-state index is -3.57. The molecule has 8 heteroatoms. The average Bonchev–Trinajstić information content (AvgIpc) is 3.15. The summed E-state index contributed by atoms with van der Waals surface area (Å²) in [5.41, 5.74) is 0.795. The van der Waals surface area contributed by atoms with Gasteiger partial charge in [0.15, 0.2) is 0 Å². The van der Waals surface area contributed by atoms with Gasteiger partial charge in [-0.3, -0.25) is 4.79 Å². The molecule has 0 spiro atoms. The van der Waals surface area contributed by atoms with Crippen LogP contribution in [0.5, 0.6) is 0 Å². The van der Waals surface area contributed by atoms with E-state index in [2.05, 4.69) is 10.0 Å². The van der Waals surface area contributed by atoms with Crippen LogP contribution in [0.25, 0.3) is 6.08 Å². The molecule has 0 aliphatic heterocycles. The van der Waals surface area contributed by atoms with E-state index in [0.717, 1.165) is 11.0 Å². The molecule has 0 saturated carbocycles. The van der Waals surface area contributed by atoms with E-state index in [1.54, 1.807) is 11.3 Å². The van der Waals surface area contributed by atoms with Crippen LogP contribution in [0.3, 0.4) is 0 Å². The van der Waals surface area contributed by atoms with Crippen LogP contribution < -0.4 is 10.0 Å². The van der Waals surface area contributed by atoms with E-state index in [0.29, 0.717) is 6.54 Å². The normalized spacial score (nSPS) is 13.1. The van der Waals surface area contributed by atoms with Gasteiger partial charge in [0.05, 0.1) is 6.04 Å². The van der Waals surface area contributed by atoms with Gasteiger partial charge in [0.2, 0.25) is 15.9 Å². The average molecular weight is 408 g/mol. The molecule has 27 heavy (non-hydrogen) atoms. The Labute approximate surface area is 165 Å². The molecule has 0 radical (unpaired) electrons. The molecular weight excluding hydrogens is 382 g/mol. The quantitative estimate of drug-likeness (QED) is 0.634. The molecule has 2 rings (SSSR count). The van der Waals surface area contributed by atoms with Crippen molar-refractivity contribution >= 4 is 33.3 Å². The molecule has 146 valence electrons. The van der Waals surface area contributed by atoms with Crippen molar-refractivity contribution in [2.75, 3.05) is 27.2 Å². The van der Waals surface area contributed by atoms with Crippen LogP contribution in [-0.2, 0) is 14.8 Å². The molecule has 0 bridgehead atoms. The van der Waals surface area contributed by atoms with Crippen LogP contribution in [0.1, 0.15) is 22.9 Å². The number of carbonyl (C=O) groups is 1. The maximum absolute atomic E-state index is 12.0. The fourth-order valence-electron chi connectivity index (χ4n) is 2.40. The van der Waals surface area contributed by atoms with Gasteiger partial charge in [0.25, 0.3) is 0 Å². The van der Waals surface area contributed by atoms with Gasteiger partial charge in [-0.05, 0) is 37.2 Å². The Balaban J connectivity index is 1.75. The zero-order chi connectivity index (χ0) is 19.7. The molecule has 2 N–H and O–H groups in total. The van der Waals surface area contributed by atoms with Crippen molar-refractivity contribution in [2.24, 2.45) is 0 Å². The SMILES string of the molecule is CN(C)C(CNC(=O)CCNS(=O)(=O)/C=C/c1ccccc1)c1cccs1. The molecule has 0 aliphatic carbocycles. The van der Waals surface area contributed by atoms with Crippen molar-refractivity contribution in [1.82, 2.24) is 14.9 Å². The zero-order valence-corrected chi connectivity index (χ0v) is 17.1. The first-order chi connectivity index (χ1) is 12.9. The molecular formula is C19H25N3O3S2. The van der Waals surface area contributed by atoms with Crippen molar-refractivity contribution in [3.63, 3.8) is 0 Å². The minimum absolute atomic E-state index is 0.0545. The van der Waals surface area contributed by atoms with E-state index in [9.17, 15) is 13.2 Å². The van der Waals surface area contributed by atoms with E-state index in [1.807, 2.05) is 66.8 Å². The highest BCUT2D eigenvalue weighted by atomic mass is 32.2. The van der Waals surface area contributed by atoms with E-state index >= 15 is 0 Å². The molecule has 2 aromatic rings. The summed E-state index contributed by atoms with van der Waals surface area (Å²) in [6, 6.07) is 13.3. The summed E-state index contributed by atoms with van der Waals surface area (Å²) in [5.74, 6) is -0.187. The molecule has 1 aromatic heterocycles. The fraction of sp³-hybridized carbons (Fsp3) is 0.316. The van der Waals surface area contributed by atoms with E-state index in [4.69, 9.17) is 0 Å². The van der Waals surface area contributed by atoms with Crippen molar-refractivity contribution < 1.29 is 13.2 Å². The molecule has 6 nitrogen and oxygen atoms in total. The molecule has 1 atom stereocenters. The molecule has 0 aliphatic rings. The third-order valence-electron chi connectivity index (χ3n) is 3.88. The topological polar surface area (TPSA) is 78.5 Å². The summed E-state index contributed by atoms with van der Waals surface area (Å²) in [5, 5.41) is 5.99. The Kier molecular flexibility index (Phi) is 8.18. The maximum Gasteiger partial charge on any atom is 0.233 e. The number of likely N-dealkylation sites (N-methyl/N-ethyl adjacent to an activating group) is 1.